The van der Waals surface area contributed by atoms with Gasteiger partial charge in [-0.3, -0.25) is 4.79 Å². The number of carbonyl (C=O) groups is 3. The summed E-state index contributed by atoms with van der Waals surface area (Å²) in [5.41, 5.74) is 3.46. The van der Waals surface area contributed by atoms with Gasteiger partial charge in [0.15, 0.2) is 0 Å². The number of rotatable bonds is 7. The van der Waals surface area contributed by atoms with Crippen molar-refractivity contribution in [2.75, 3.05) is 6.61 Å². The van der Waals surface area contributed by atoms with Gasteiger partial charge in [-0.2, -0.15) is 0 Å². The minimum Gasteiger partial charge on any atom is -0.480 e. The highest BCUT2D eigenvalue weighted by molar-refractivity contribution is 5.89. The number of hydrogen-bond acceptors (Lipinski definition) is 4. The molecule has 5 rings (SSSR count). The third-order valence-corrected chi connectivity index (χ3v) is 7.40. The van der Waals surface area contributed by atoms with Crippen molar-refractivity contribution in [1.82, 2.24) is 10.6 Å². The van der Waals surface area contributed by atoms with Crippen LogP contribution in [0.1, 0.15) is 49.7 Å². The largest absolute Gasteiger partial charge is 0.480 e. The first-order chi connectivity index (χ1) is 15.9. The summed E-state index contributed by atoms with van der Waals surface area (Å²) in [4.78, 5) is 36.6. The first kappa shape index (κ1) is 21.5. The fraction of sp³-hybridized carbons (Fsp3) is 0.423. The SMILES string of the molecule is CC(NC(=O)C1CC(NC(=O)OCC2c3ccccc3-c3ccccc32)C1)(C(=O)O)C1CC1. The first-order valence-corrected chi connectivity index (χ1v) is 11.5. The molecule has 7 nitrogen and oxygen atoms in total. The summed E-state index contributed by atoms with van der Waals surface area (Å²) in [6.07, 6.45) is 2.11. The maximum absolute atomic E-state index is 12.5. The molecule has 3 aliphatic rings. The zero-order valence-corrected chi connectivity index (χ0v) is 18.5. The summed E-state index contributed by atoms with van der Waals surface area (Å²) < 4.78 is 5.57. The summed E-state index contributed by atoms with van der Waals surface area (Å²) >= 11 is 0. The van der Waals surface area contributed by atoms with Gasteiger partial charge in [0.25, 0.3) is 0 Å². The van der Waals surface area contributed by atoms with Crippen molar-refractivity contribution in [3.8, 4) is 11.1 Å². The molecule has 0 saturated heterocycles. The lowest BCUT2D eigenvalue weighted by molar-refractivity contribution is -0.149. The normalized spacial score (nSPS) is 22.8. The Labute approximate surface area is 192 Å². The standard InChI is InChI=1S/C26H28N2O5/c1-26(24(30)31,16-10-11-16)28-23(29)15-12-17(13-15)27-25(32)33-14-22-20-8-4-2-6-18(20)19-7-3-5-9-21(19)22/h2-9,15-17,22H,10-14H2,1H3,(H,27,32)(H,28,29)(H,30,31). The number of benzene rings is 2. The smallest absolute Gasteiger partial charge is 0.407 e. The molecule has 0 spiro atoms. The molecule has 1 unspecified atom stereocenters. The van der Waals surface area contributed by atoms with E-state index in [0.29, 0.717) is 12.8 Å². The van der Waals surface area contributed by atoms with Gasteiger partial charge in [-0.1, -0.05) is 48.5 Å². The van der Waals surface area contributed by atoms with Crippen molar-refractivity contribution in [2.45, 2.75) is 50.1 Å². The summed E-state index contributed by atoms with van der Waals surface area (Å²) in [5.74, 6) is -1.54. The number of aliphatic carboxylic acids is 1. The molecule has 1 atom stereocenters. The number of hydrogen-bond donors (Lipinski definition) is 3. The highest BCUT2D eigenvalue weighted by Gasteiger charge is 2.50. The van der Waals surface area contributed by atoms with Crippen LogP contribution in [-0.2, 0) is 14.3 Å². The fourth-order valence-electron chi connectivity index (χ4n) is 5.11. The van der Waals surface area contributed by atoms with E-state index in [1.54, 1.807) is 6.92 Å². The Morgan fingerprint density at radius 2 is 1.58 bits per heavy atom. The molecule has 3 N–H and O–H groups in total. The van der Waals surface area contributed by atoms with Gasteiger partial charge in [0.05, 0.1) is 0 Å². The zero-order chi connectivity index (χ0) is 23.2. The number of fused-ring (bicyclic) bond motifs is 3. The van der Waals surface area contributed by atoms with E-state index in [9.17, 15) is 19.5 Å². The van der Waals surface area contributed by atoms with Gasteiger partial charge in [-0.25, -0.2) is 9.59 Å². The van der Waals surface area contributed by atoms with Crippen LogP contribution in [0, 0.1) is 11.8 Å². The molecule has 0 aliphatic heterocycles. The lowest BCUT2D eigenvalue weighted by atomic mass is 9.79. The van der Waals surface area contributed by atoms with E-state index in [2.05, 4.69) is 34.9 Å². The van der Waals surface area contributed by atoms with Crippen molar-refractivity contribution in [3.63, 3.8) is 0 Å². The highest BCUT2D eigenvalue weighted by Crippen LogP contribution is 2.44. The third-order valence-electron chi connectivity index (χ3n) is 7.40. The van der Waals surface area contributed by atoms with E-state index >= 15 is 0 Å². The number of carboxylic acid groups (broad SMARTS) is 1. The molecule has 0 heterocycles. The van der Waals surface area contributed by atoms with E-state index in [-0.39, 0.29) is 36.3 Å². The Bertz CT molecular complexity index is 1060. The molecule has 2 amide bonds. The van der Waals surface area contributed by atoms with Crippen molar-refractivity contribution in [3.05, 3.63) is 59.7 Å². The van der Waals surface area contributed by atoms with Crippen LogP contribution < -0.4 is 10.6 Å². The van der Waals surface area contributed by atoms with Gasteiger partial charge in [0, 0.05) is 17.9 Å². The average molecular weight is 449 g/mol. The summed E-state index contributed by atoms with van der Waals surface area (Å²) in [6, 6.07) is 16.2. The van der Waals surface area contributed by atoms with Crippen LogP contribution in [0.2, 0.25) is 0 Å². The quantitative estimate of drug-likeness (QED) is 0.599. The summed E-state index contributed by atoms with van der Waals surface area (Å²) in [5, 5.41) is 15.1. The van der Waals surface area contributed by atoms with Crippen LogP contribution in [0.15, 0.2) is 48.5 Å². The number of ether oxygens (including phenoxy) is 1. The second-order valence-corrected chi connectivity index (χ2v) is 9.61. The van der Waals surface area contributed by atoms with Gasteiger partial charge in [-0.15, -0.1) is 0 Å². The molecule has 0 aromatic heterocycles. The Balaban J connectivity index is 1.12. The minimum atomic E-state index is -1.21. The van der Waals surface area contributed by atoms with Crippen LogP contribution in [0.3, 0.4) is 0 Å². The van der Waals surface area contributed by atoms with Gasteiger partial charge in [0.2, 0.25) is 5.91 Å². The lowest BCUT2D eigenvalue weighted by Gasteiger charge is -2.37. The number of nitrogens with one attached hydrogen (secondary N) is 2. The Hall–Kier alpha value is -3.35. The van der Waals surface area contributed by atoms with E-state index in [1.807, 2.05) is 24.3 Å². The summed E-state index contributed by atoms with van der Waals surface area (Å²) in [7, 11) is 0. The average Bonchev–Trinajstić information content (AvgIpc) is 3.58. The number of amides is 2. The molecular weight excluding hydrogens is 420 g/mol. The number of carboxylic acids is 1. The second kappa shape index (κ2) is 8.21. The van der Waals surface area contributed by atoms with Crippen LogP contribution in [-0.4, -0.2) is 41.3 Å². The molecule has 33 heavy (non-hydrogen) atoms. The third kappa shape index (κ3) is 3.96. The van der Waals surface area contributed by atoms with Gasteiger partial charge in [-0.05, 0) is 60.8 Å². The highest BCUT2D eigenvalue weighted by atomic mass is 16.5. The molecule has 2 aromatic carbocycles. The number of carbonyl (C=O) groups excluding carboxylic acids is 2. The van der Waals surface area contributed by atoms with E-state index in [1.165, 1.54) is 11.1 Å². The topological polar surface area (TPSA) is 105 Å². The van der Waals surface area contributed by atoms with Crippen LogP contribution in [0.4, 0.5) is 4.79 Å². The molecule has 0 radical (unpaired) electrons. The predicted molar refractivity (Wildman–Crippen MR) is 122 cm³/mol. The molecule has 2 fully saturated rings. The van der Waals surface area contributed by atoms with Gasteiger partial charge in [0.1, 0.15) is 12.1 Å². The van der Waals surface area contributed by atoms with Crippen molar-refractivity contribution < 1.29 is 24.2 Å². The van der Waals surface area contributed by atoms with Crippen LogP contribution in [0.5, 0.6) is 0 Å². The Morgan fingerprint density at radius 1 is 1.00 bits per heavy atom. The predicted octanol–water partition coefficient (Wildman–Crippen LogP) is 3.67. The van der Waals surface area contributed by atoms with Gasteiger partial charge >= 0.3 is 12.1 Å². The first-order valence-electron chi connectivity index (χ1n) is 11.5. The fourth-order valence-corrected chi connectivity index (χ4v) is 5.11. The van der Waals surface area contributed by atoms with E-state index in [0.717, 1.165) is 24.0 Å². The van der Waals surface area contributed by atoms with E-state index in [4.69, 9.17) is 4.74 Å². The number of alkyl carbamates (subject to hydrolysis) is 1. The van der Waals surface area contributed by atoms with E-state index < -0.39 is 17.6 Å². The van der Waals surface area contributed by atoms with Crippen molar-refractivity contribution >= 4 is 18.0 Å². The Kier molecular flexibility index (Phi) is 5.35. The minimum absolute atomic E-state index is 0.000753. The monoisotopic (exact) mass is 448 g/mol. The maximum Gasteiger partial charge on any atom is 0.407 e. The van der Waals surface area contributed by atoms with Gasteiger partial charge < -0.3 is 20.5 Å². The van der Waals surface area contributed by atoms with Crippen LogP contribution in [0.25, 0.3) is 11.1 Å². The molecule has 172 valence electrons. The Morgan fingerprint density at radius 3 is 2.12 bits per heavy atom. The molecule has 2 aromatic rings. The maximum atomic E-state index is 12.5. The molecule has 0 bridgehead atoms. The zero-order valence-electron chi connectivity index (χ0n) is 18.5. The van der Waals surface area contributed by atoms with Crippen molar-refractivity contribution in [1.29, 1.82) is 0 Å². The molecular formula is C26H28N2O5. The van der Waals surface area contributed by atoms with Crippen LogP contribution >= 0.6 is 0 Å². The molecule has 3 aliphatic carbocycles. The molecule has 7 heteroatoms. The summed E-state index contributed by atoms with van der Waals surface area (Å²) in [6.45, 7) is 1.82. The van der Waals surface area contributed by atoms with Crippen molar-refractivity contribution in [2.24, 2.45) is 11.8 Å². The molecule has 2 saturated carbocycles. The lowest BCUT2D eigenvalue weighted by Crippen LogP contribution is -2.58. The second-order valence-electron chi connectivity index (χ2n) is 9.61.